The molecule has 0 bridgehead atoms. The first kappa shape index (κ1) is 13.8. The third-order valence-corrected chi connectivity index (χ3v) is 3.95. The van der Waals surface area contributed by atoms with Gasteiger partial charge < -0.3 is 34.3 Å². The second-order valence-corrected chi connectivity index (χ2v) is 5.31. The molecule has 5 atom stereocenters. The Labute approximate surface area is 125 Å². The van der Waals surface area contributed by atoms with Crippen molar-refractivity contribution in [1.29, 1.82) is 0 Å². The summed E-state index contributed by atoms with van der Waals surface area (Å²) >= 11 is 0. The van der Waals surface area contributed by atoms with Crippen molar-refractivity contribution < 1.29 is 34.3 Å². The van der Waals surface area contributed by atoms with Crippen LogP contribution in [0.5, 0.6) is 11.5 Å². The van der Waals surface area contributed by atoms with Crippen LogP contribution in [0.2, 0.25) is 0 Å². The molecule has 118 valence electrons. The van der Waals surface area contributed by atoms with Crippen LogP contribution in [0.1, 0.15) is 5.56 Å². The van der Waals surface area contributed by atoms with Crippen LogP contribution in [0, 0.1) is 0 Å². The van der Waals surface area contributed by atoms with E-state index in [1.54, 1.807) is 18.2 Å². The zero-order valence-electron chi connectivity index (χ0n) is 11.5. The molecule has 0 spiro atoms. The Morgan fingerprint density at radius 2 is 1.95 bits per heavy atom. The quantitative estimate of drug-likeness (QED) is 0.642. The van der Waals surface area contributed by atoms with Crippen molar-refractivity contribution in [3.8, 4) is 11.5 Å². The summed E-state index contributed by atoms with van der Waals surface area (Å²) in [6.45, 7) is -0.236. The summed E-state index contributed by atoms with van der Waals surface area (Å²) in [7, 11) is 0. The lowest BCUT2D eigenvalue weighted by Gasteiger charge is -2.36. The zero-order valence-corrected chi connectivity index (χ0v) is 11.5. The van der Waals surface area contributed by atoms with Crippen molar-refractivity contribution in [1.82, 2.24) is 0 Å². The maximum atomic E-state index is 10.1. The van der Waals surface area contributed by atoms with Gasteiger partial charge in [-0.2, -0.15) is 0 Å². The number of ether oxygens (including phenoxy) is 4. The Balaban J connectivity index is 1.60. The smallest absolute Gasteiger partial charge is 0.231 e. The number of fused-ring (bicyclic) bond motifs is 2. The predicted octanol–water partition coefficient (Wildman–Crippen LogP) is -1.00. The fraction of sp³-hybridized carbons (Fsp3) is 0.500. The van der Waals surface area contributed by atoms with Crippen molar-refractivity contribution in [2.24, 2.45) is 4.99 Å². The molecule has 0 amide bonds. The SMILES string of the molecule is OC[C@H]1O[C@@H]2N=C(c3ccc4c(c3)OCO4)O[C@@H]2[C@@H](O)[C@@H]1O. The first-order valence-electron chi connectivity index (χ1n) is 6.94. The molecule has 0 aliphatic carbocycles. The normalized spacial score (nSPS) is 35.8. The van der Waals surface area contributed by atoms with Gasteiger partial charge in [0.2, 0.25) is 12.7 Å². The maximum Gasteiger partial charge on any atom is 0.231 e. The van der Waals surface area contributed by atoms with Gasteiger partial charge in [0, 0.05) is 5.56 Å². The average Bonchev–Trinajstić information content (AvgIpc) is 3.16. The number of aliphatic hydroxyl groups is 3. The van der Waals surface area contributed by atoms with E-state index in [9.17, 15) is 15.3 Å². The predicted molar refractivity (Wildman–Crippen MR) is 71.7 cm³/mol. The monoisotopic (exact) mass is 309 g/mol. The Hall–Kier alpha value is -1.87. The van der Waals surface area contributed by atoms with E-state index in [0.29, 0.717) is 17.1 Å². The minimum atomic E-state index is -1.22. The largest absolute Gasteiger partial charge is 0.466 e. The summed E-state index contributed by atoms with van der Waals surface area (Å²) in [6.07, 6.45) is -4.88. The Bertz CT molecular complexity index is 619. The molecule has 1 aromatic carbocycles. The van der Waals surface area contributed by atoms with E-state index in [1.165, 1.54) is 0 Å². The highest BCUT2D eigenvalue weighted by molar-refractivity contribution is 5.96. The van der Waals surface area contributed by atoms with Gasteiger partial charge >= 0.3 is 0 Å². The van der Waals surface area contributed by atoms with Crippen molar-refractivity contribution in [2.45, 2.75) is 30.6 Å². The molecule has 3 aliphatic rings. The number of aliphatic hydroxyl groups excluding tert-OH is 3. The standard InChI is InChI=1S/C14H15NO7/c16-4-9-10(17)11(18)12-14(21-9)15-13(22-12)6-1-2-7-8(3-6)20-5-19-7/h1-3,9-12,14,16-18H,4-5H2/t9-,10-,11+,12-,14+/m1/s1. The first-order chi connectivity index (χ1) is 10.7. The van der Waals surface area contributed by atoms with Crippen LogP contribution in [0.25, 0.3) is 0 Å². The van der Waals surface area contributed by atoms with Crippen molar-refractivity contribution >= 4 is 5.90 Å². The fourth-order valence-electron chi connectivity index (χ4n) is 2.75. The number of rotatable bonds is 2. The minimum Gasteiger partial charge on any atom is -0.466 e. The third kappa shape index (κ3) is 2.03. The van der Waals surface area contributed by atoms with Gasteiger partial charge in [0.25, 0.3) is 0 Å². The molecule has 0 aromatic heterocycles. The molecule has 3 N–H and O–H groups in total. The summed E-state index contributed by atoms with van der Waals surface area (Å²) in [4.78, 5) is 4.28. The molecule has 22 heavy (non-hydrogen) atoms. The summed E-state index contributed by atoms with van der Waals surface area (Å²) in [5.41, 5.74) is 0.657. The molecular formula is C14H15NO7. The van der Waals surface area contributed by atoms with Crippen molar-refractivity contribution in [3.05, 3.63) is 23.8 Å². The minimum absolute atomic E-state index is 0.170. The zero-order chi connectivity index (χ0) is 15.3. The summed E-state index contributed by atoms with van der Waals surface area (Å²) in [6, 6.07) is 5.23. The second-order valence-electron chi connectivity index (χ2n) is 5.31. The molecule has 3 heterocycles. The second kappa shape index (κ2) is 5.10. The lowest BCUT2D eigenvalue weighted by molar-refractivity contribution is -0.213. The molecule has 3 aliphatic heterocycles. The first-order valence-corrected chi connectivity index (χ1v) is 6.94. The van der Waals surface area contributed by atoms with E-state index >= 15 is 0 Å². The molecule has 0 unspecified atom stereocenters. The highest BCUT2D eigenvalue weighted by Gasteiger charge is 2.49. The number of nitrogens with zero attached hydrogens (tertiary/aromatic N) is 1. The molecule has 8 nitrogen and oxygen atoms in total. The van der Waals surface area contributed by atoms with E-state index in [2.05, 4.69) is 4.99 Å². The van der Waals surface area contributed by atoms with E-state index in [4.69, 9.17) is 18.9 Å². The van der Waals surface area contributed by atoms with Crippen LogP contribution in [-0.2, 0) is 9.47 Å². The highest BCUT2D eigenvalue weighted by atomic mass is 16.7. The van der Waals surface area contributed by atoms with Crippen LogP contribution < -0.4 is 9.47 Å². The van der Waals surface area contributed by atoms with Gasteiger partial charge in [-0.05, 0) is 18.2 Å². The molecule has 0 saturated carbocycles. The molecule has 0 radical (unpaired) electrons. The van der Waals surface area contributed by atoms with Crippen LogP contribution in [-0.4, -0.2) is 65.3 Å². The van der Waals surface area contributed by atoms with E-state index < -0.39 is 37.3 Å². The van der Waals surface area contributed by atoms with Gasteiger partial charge in [-0.1, -0.05) is 0 Å². The van der Waals surface area contributed by atoms with E-state index in [0.717, 1.165) is 0 Å². The van der Waals surface area contributed by atoms with E-state index in [-0.39, 0.29) is 12.7 Å². The van der Waals surface area contributed by atoms with Crippen LogP contribution >= 0.6 is 0 Å². The lowest BCUT2D eigenvalue weighted by Crippen LogP contribution is -2.57. The topological polar surface area (TPSA) is 110 Å². The molecule has 1 fully saturated rings. The van der Waals surface area contributed by atoms with Gasteiger partial charge in [-0.15, -0.1) is 0 Å². The van der Waals surface area contributed by atoms with Crippen LogP contribution in [0.3, 0.4) is 0 Å². The van der Waals surface area contributed by atoms with Gasteiger partial charge in [0.05, 0.1) is 6.61 Å². The molecular weight excluding hydrogens is 294 g/mol. The molecule has 8 heteroatoms. The van der Waals surface area contributed by atoms with Gasteiger partial charge in [0.1, 0.15) is 18.3 Å². The number of benzene rings is 1. The Morgan fingerprint density at radius 3 is 2.77 bits per heavy atom. The lowest BCUT2D eigenvalue weighted by atomic mass is 9.99. The number of hydrogen-bond donors (Lipinski definition) is 3. The summed E-state index contributed by atoms with van der Waals surface area (Å²) in [5, 5.41) is 29.1. The summed E-state index contributed by atoms with van der Waals surface area (Å²) in [5.74, 6) is 1.53. The Kier molecular flexibility index (Phi) is 3.19. The van der Waals surface area contributed by atoms with Crippen molar-refractivity contribution in [2.75, 3.05) is 13.4 Å². The van der Waals surface area contributed by atoms with Gasteiger partial charge in [-0.25, -0.2) is 4.99 Å². The fourth-order valence-corrected chi connectivity index (χ4v) is 2.75. The molecule has 4 rings (SSSR count). The maximum absolute atomic E-state index is 10.1. The van der Waals surface area contributed by atoms with Gasteiger partial charge in [-0.3, -0.25) is 0 Å². The number of aliphatic imine (C=N–C) groups is 1. The van der Waals surface area contributed by atoms with E-state index in [1.807, 2.05) is 0 Å². The van der Waals surface area contributed by atoms with Gasteiger partial charge in [0.15, 0.2) is 23.8 Å². The average molecular weight is 309 g/mol. The van der Waals surface area contributed by atoms with Crippen LogP contribution in [0.4, 0.5) is 0 Å². The molecule has 1 saturated heterocycles. The van der Waals surface area contributed by atoms with Crippen LogP contribution in [0.15, 0.2) is 23.2 Å². The highest BCUT2D eigenvalue weighted by Crippen LogP contribution is 2.35. The van der Waals surface area contributed by atoms with Crippen molar-refractivity contribution in [3.63, 3.8) is 0 Å². The number of hydrogen-bond acceptors (Lipinski definition) is 8. The molecule has 1 aromatic rings. The third-order valence-electron chi connectivity index (χ3n) is 3.95. The Morgan fingerprint density at radius 1 is 1.14 bits per heavy atom. The summed E-state index contributed by atoms with van der Waals surface area (Å²) < 4.78 is 21.6.